The van der Waals surface area contributed by atoms with Gasteiger partial charge in [-0.05, 0) is 42.9 Å². The number of hydrogen-bond donors (Lipinski definition) is 0. The smallest absolute Gasteiger partial charge is 0.309 e. The normalized spacial score (nSPS) is 13.0. The second-order valence-electron chi connectivity index (χ2n) is 6.85. The van der Waals surface area contributed by atoms with Crippen LogP contribution in [0.1, 0.15) is 59.9 Å². The molecule has 3 nitrogen and oxygen atoms in total. The molecule has 0 aliphatic rings. The van der Waals surface area contributed by atoms with E-state index in [1.54, 1.807) is 0 Å². The van der Waals surface area contributed by atoms with Crippen LogP contribution in [-0.4, -0.2) is 18.7 Å². The summed E-state index contributed by atoms with van der Waals surface area (Å²) in [6.45, 7) is 12.8. The first kappa shape index (κ1) is 18.5. The van der Waals surface area contributed by atoms with Crippen LogP contribution < -0.4 is 4.74 Å². The average Bonchev–Trinajstić information content (AvgIpc) is 2.46. The summed E-state index contributed by atoms with van der Waals surface area (Å²) in [6.07, 6.45) is 1.39. The lowest BCUT2D eigenvalue weighted by Gasteiger charge is -2.20. The first-order chi connectivity index (χ1) is 10.3. The van der Waals surface area contributed by atoms with E-state index in [2.05, 4.69) is 32.9 Å². The van der Waals surface area contributed by atoms with E-state index >= 15 is 0 Å². The summed E-state index contributed by atoms with van der Waals surface area (Å²) < 4.78 is 11.1. The molecule has 0 spiro atoms. The Balaban J connectivity index is 2.47. The van der Waals surface area contributed by atoms with Gasteiger partial charge in [-0.3, -0.25) is 4.79 Å². The Hall–Kier alpha value is -1.51. The molecule has 0 saturated heterocycles. The van der Waals surface area contributed by atoms with Crippen molar-refractivity contribution < 1.29 is 14.3 Å². The van der Waals surface area contributed by atoms with Gasteiger partial charge >= 0.3 is 5.97 Å². The SMILES string of the molecule is CCC(CC)C(=O)OC(C)COc1ccc(C(C)(C)C)cc1. The van der Waals surface area contributed by atoms with Crippen LogP contribution in [0.5, 0.6) is 5.75 Å². The highest BCUT2D eigenvalue weighted by Crippen LogP contribution is 2.24. The third kappa shape index (κ3) is 5.70. The highest BCUT2D eigenvalue weighted by atomic mass is 16.6. The molecule has 22 heavy (non-hydrogen) atoms. The van der Waals surface area contributed by atoms with Gasteiger partial charge in [-0.2, -0.15) is 0 Å². The summed E-state index contributed by atoms with van der Waals surface area (Å²) in [4.78, 5) is 11.9. The fraction of sp³-hybridized carbons (Fsp3) is 0.632. The van der Waals surface area contributed by atoms with Gasteiger partial charge in [0, 0.05) is 0 Å². The molecule has 0 fully saturated rings. The standard InChI is InChI=1S/C19H30O3/c1-7-15(8-2)18(20)22-14(3)13-21-17-11-9-16(10-12-17)19(4,5)6/h9-12,14-15H,7-8,13H2,1-6H3. The van der Waals surface area contributed by atoms with Gasteiger partial charge in [-0.15, -0.1) is 0 Å². The van der Waals surface area contributed by atoms with Crippen LogP contribution in [-0.2, 0) is 14.9 Å². The highest BCUT2D eigenvalue weighted by molar-refractivity contribution is 5.72. The van der Waals surface area contributed by atoms with E-state index in [4.69, 9.17) is 9.47 Å². The molecular weight excluding hydrogens is 276 g/mol. The minimum absolute atomic E-state index is 0.00600. The van der Waals surface area contributed by atoms with Crippen molar-refractivity contribution in [2.24, 2.45) is 5.92 Å². The van der Waals surface area contributed by atoms with Crippen LogP contribution in [0.15, 0.2) is 24.3 Å². The second-order valence-corrected chi connectivity index (χ2v) is 6.85. The summed E-state index contributed by atoms with van der Waals surface area (Å²) >= 11 is 0. The lowest BCUT2D eigenvalue weighted by molar-refractivity contribution is -0.154. The number of rotatable bonds is 7. The maximum Gasteiger partial charge on any atom is 0.309 e. The number of carbonyl (C=O) groups excluding carboxylic acids is 1. The first-order valence-corrected chi connectivity index (χ1v) is 8.21. The minimum Gasteiger partial charge on any atom is -0.490 e. The summed E-state index contributed by atoms with van der Waals surface area (Å²) in [5, 5.41) is 0. The molecular formula is C19H30O3. The quantitative estimate of drug-likeness (QED) is 0.683. The van der Waals surface area contributed by atoms with E-state index in [9.17, 15) is 4.79 Å². The van der Waals surface area contributed by atoms with E-state index in [0.717, 1.165) is 18.6 Å². The maximum absolute atomic E-state index is 11.9. The fourth-order valence-electron chi connectivity index (χ4n) is 2.22. The summed E-state index contributed by atoms with van der Waals surface area (Å²) in [5.41, 5.74) is 1.41. The summed E-state index contributed by atoms with van der Waals surface area (Å²) in [7, 11) is 0. The van der Waals surface area contributed by atoms with E-state index in [0.29, 0.717) is 6.61 Å². The van der Waals surface area contributed by atoms with E-state index in [1.165, 1.54) is 5.56 Å². The summed E-state index contributed by atoms with van der Waals surface area (Å²) in [5.74, 6) is 0.677. The number of hydrogen-bond acceptors (Lipinski definition) is 3. The Morgan fingerprint density at radius 3 is 2.09 bits per heavy atom. The molecule has 0 saturated carbocycles. The van der Waals surface area contributed by atoms with Gasteiger partial charge in [0.1, 0.15) is 18.5 Å². The zero-order valence-electron chi connectivity index (χ0n) is 14.8. The molecule has 0 aromatic heterocycles. The number of esters is 1. The lowest BCUT2D eigenvalue weighted by Crippen LogP contribution is -2.26. The molecule has 0 radical (unpaired) electrons. The maximum atomic E-state index is 11.9. The van der Waals surface area contributed by atoms with Gasteiger partial charge in [-0.1, -0.05) is 46.8 Å². The van der Waals surface area contributed by atoms with Crippen LogP contribution in [0.3, 0.4) is 0 Å². The molecule has 0 aliphatic carbocycles. The Morgan fingerprint density at radius 1 is 1.09 bits per heavy atom. The van der Waals surface area contributed by atoms with Crippen molar-refractivity contribution >= 4 is 5.97 Å². The lowest BCUT2D eigenvalue weighted by atomic mass is 9.87. The van der Waals surface area contributed by atoms with Gasteiger partial charge in [0.15, 0.2) is 0 Å². The van der Waals surface area contributed by atoms with Crippen molar-refractivity contribution in [3.8, 4) is 5.75 Å². The van der Waals surface area contributed by atoms with Crippen LogP contribution in [0.25, 0.3) is 0 Å². The molecule has 0 heterocycles. The van der Waals surface area contributed by atoms with Crippen molar-refractivity contribution in [1.29, 1.82) is 0 Å². The molecule has 0 amide bonds. The Bertz CT molecular complexity index is 453. The van der Waals surface area contributed by atoms with Crippen molar-refractivity contribution in [2.75, 3.05) is 6.61 Å². The second kappa shape index (κ2) is 8.21. The fourth-order valence-corrected chi connectivity index (χ4v) is 2.22. The van der Waals surface area contributed by atoms with Gasteiger partial charge < -0.3 is 9.47 Å². The molecule has 0 N–H and O–H groups in total. The van der Waals surface area contributed by atoms with E-state index < -0.39 is 0 Å². The van der Waals surface area contributed by atoms with Gasteiger partial charge in [-0.25, -0.2) is 0 Å². The topological polar surface area (TPSA) is 35.5 Å². The Morgan fingerprint density at radius 2 is 1.64 bits per heavy atom. The molecule has 1 unspecified atom stereocenters. The average molecular weight is 306 g/mol. The monoisotopic (exact) mass is 306 g/mol. The van der Waals surface area contributed by atoms with Gasteiger partial charge in [0.25, 0.3) is 0 Å². The molecule has 3 heteroatoms. The third-order valence-electron chi connectivity index (χ3n) is 3.84. The van der Waals surface area contributed by atoms with Gasteiger partial charge in [0.2, 0.25) is 0 Å². The van der Waals surface area contributed by atoms with E-state index in [-0.39, 0.29) is 23.4 Å². The minimum atomic E-state index is -0.240. The van der Waals surface area contributed by atoms with E-state index in [1.807, 2.05) is 32.9 Å². The zero-order valence-corrected chi connectivity index (χ0v) is 14.8. The van der Waals surface area contributed by atoms with Crippen molar-refractivity contribution in [3.05, 3.63) is 29.8 Å². The predicted molar refractivity (Wildman–Crippen MR) is 90.3 cm³/mol. The van der Waals surface area contributed by atoms with Crippen LogP contribution >= 0.6 is 0 Å². The number of ether oxygens (including phenoxy) is 2. The van der Waals surface area contributed by atoms with Crippen LogP contribution in [0, 0.1) is 5.92 Å². The molecule has 1 atom stereocenters. The Labute approximate surface area is 135 Å². The number of benzene rings is 1. The molecule has 1 aromatic rings. The molecule has 1 rings (SSSR count). The van der Waals surface area contributed by atoms with Crippen molar-refractivity contribution in [3.63, 3.8) is 0 Å². The Kier molecular flexibility index (Phi) is 6.92. The molecule has 124 valence electrons. The predicted octanol–water partition coefficient (Wildman–Crippen LogP) is 4.73. The van der Waals surface area contributed by atoms with Crippen LogP contribution in [0.4, 0.5) is 0 Å². The zero-order chi connectivity index (χ0) is 16.8. The largest absolute Gasteiger partial charge is 0.490 e. The highest BCUT2D eigenvalue weighted by Gasteiger charge is 2.19. The van der Waals surface area contributed by atoms with Crippen LogP contribution in [0.2, 0.25) is 0 Å². The number of carbonyl (C=O) groups is 1. The third-order valence-corrected chi connectivity index (χ3v) is 3.84. The first-order valence-electron chi connectivity index (χ1n) is 8.21. The van der Waals surface area contributed by atoms with Gasteiger partial charge in [0.05, 0.1) is 5.92 Å². The molecule has 0 bridgehead atoms. The summed E-state index contributed by atoms with van der Waals surface area (Å²) in [6, 6.07) is 8.10. The molecule has 0 aliphatic heterocycles. The molecule has 1 aromatic carbocycles. The van der Waals surface area contributed by atoms with Crippen molar-refractivity contribution in [2.45, 2.75) is 65.9 Å². The van der Waals surface area contributed by atoms with Crippen molar-refractivity contribution in [1.82, 2.24) is 0 Å².